The minimum Gasteiger partial charge on any atom is -0.355 e. The molecule has 5 rings (SSSR count). The first-order chi connectivity index (χ1) is 16.1. The van der Waals surface area contributed by atoms with E-state index in [0.717, 1.165) is 15.5 Å². The lowest BCUT2D eigenvalue weighted by atomic mass is 10.2. The normalized spacial score (nSPS) is 11.1. The molecule has 8 heteroatoms. The van der Waals surface area contributed by atoms with Crippen molar-refractivity contribution in [3.63, 3.8) is 0 Å². The van der Waals surface area contributed by atoms with Crippen LogP contribution in [0.5, 0.6) is 0 Å². The number of fused-ring (bicyclic) bond motifs is 2. The van der Waals surface area contributed by atoms with Crippen molar-refractivity contribution in [2.75, 3.05) is 7.05 Å². The number of rotatable bonds is 4. The summed E-state index contributed by atoms with van der Waals surface area (Å²) in [6.45, 7) is 0.00245. The van der Waals surface area contributed by atoms with Crippen molar-refractivity contribution in [3.8, 4) is 5.69 Å². The van der Waals surface area contributed by atoms with E-state index in [9.17, 15) is 14.4 Å². The second-order valence-corrected chi connectivity index (χ2v) is 7.51. The second kappa shape index (κ2) is 8.16. The predicted octanol–water partition coefficient (Wildman–Crippen LogP) is 2.50. The van der Waals surface area contributed by atoms with Crippen molar-refractivity contribution >= 4 is 27.8 Å². The molecule has 0 radical (unpaired) electrons. The molecule has 3 heterocycles. The lowest BCUT2D eigenvalue weighted by Crippen LogP contribution is -2.40. The first-order valence-electron chi connectivity index (χ1n) is 10.3. The molecule has 2 aromatic carbocycles. The van der Waals surface area contributed by atoms with Gasteiger partial charge in [0.25, 0.3) is 11.5 Å². The molecule has 0 aliphatic carbocycles. The maximum absolute atomic E-state index is 13.6. The number of carbonyl (C=O) groups excluding carboxylic acids is 1. The van der Waals surface area contributed by atoms with Crippen molar-refractivity contribution in [1.29, 1.82) is 0 Å². The van der Waals surface area contributed by atoms with E-state index in [1.165, 1.54) is 17.8 Å². The van der Waals surface area contributed by atoms with Gasteiger partial charge in [0, 0.05) is 24.2 Å². The molecule has 5 aromatic rings. The van der Waals surface area contributed by atoms with E-state index < -0.39 is 11.2 Å². The summed E-state index contributed by atoms with van der Waals surface area (Å²) < 4.78 is 2.50. The van der Waals surface area contributed by atoms with Crippen LogP contribution < -0.4 is 16.6 Å². The third-order valence-corrected chi connectivity index (χ3v) is 5.47. The van der Waals surface area contributed by atoms with Gasteiger partial charge < -0.3 is 5.32 Å². The van der Waals surface area contributed by atoms with E-state index in [2.05, 4.69) is 15.3 Å². The summed E-state index contributed by atoms with van der Waals surface area (Å²) in [5.74, 6) is -0.282. The maximum atomic E-state index is 13.6. The number of hydrogen-bond donors (Lipinski definition) is 1. The first kappa shape index (κ1) is 20.3. The Kier molecular flexibility index (Phi) is 5.02. The van der Waals surface area contributed by atoms with Gasteiger partial charge in [-0.25, -0.2) is 14.3 Å². The number of pyridine rings is 2. The van der Waals surface area contributed by atoms with Crippen molar-refractivity contribution in [2.45, 2.75) is 6.54 Å². The van der Waals surface area contributed by atoms with Crippen LogP contribution in [0.25, 0.3) is 27.6 Å². The highest BCUT2D eigenvalue weighted by atomic mass is 16.2. The Hall–Kier alpha value is -4.59. The summed E-state index contributed by atoms with van der Waals surface area (Å²) in [6, 6.07) is 21.3. The van der Waals surface area contributed by atoms with Crippen LogP contribution in [0, 0.1) is 0 Å². The summed E-state index contributed by atoms with van der Waals surface area (Å²) in [5, 5.41) is 3.84. The Morgan fingerprint density at radius 1 is 0.970 bits per heavy atom. The Morgan fingerprint density at radius 3 is 2.67 bits per heavy atom. The highest BCUT2D eigenvalue weighted by Gasteiger charge is 2.17. The molecule has 0 aliphatic heterocycles. The highest BCUT2D eigenvalue weighted by molar-refractivity contribution is 5.94. The Labute approximate surface area is 187 Å². The van der Waals surface area contributed by atoms with Gasteiger partial charge in [-0.2, -0.15) is 0 Å². The predicted molar refractivity (Wildman–Crippen MR) is 126 cm³/mol. The van der Waals surface area contributed by atoms with Crippen LogP contribution in [0.1, 0.15) is 16.1 Å². The standard InChI is InChI=1S/C25H19N5O3/c1-26-23(31)17-7-4-8-19(14-17)30-22-20(9-5-13-27-22)24(32)29(25(30)33)15-18-12-11-16-6-2-3-10-21(16)28-18/h2-14H,15H2,1H3,(H,26,31). The van der Waals surface area contributed by atoms with E-state index in [4.69, 9.17) is 0 Å². The molecule has 8 nitrogen and oxygen atoms in total. The fourth-order valence-corrected chi connectivity index (χ4v) is 3.85. The number of para-hydroxylation sites is 1. The van der Waals surface area contributed by atoms with Crippen LogP contribution in [0.3, 0.4) is 0 Å². The minimum atomic E-state index is -0.560. The summed E-state index contributed by atoms with van der Waals surface area (Å²) in [5.41, 5.74) is 1.41. The SMILES string of the molecule is CNC(=O)c1cccc(-n2c(=O)n(Cc3ccc4ccccc4n3)c(=O)c3cccnc32)c1. The molecule has 0 aliphatic rings. The fraction of sp³-hybridized carbons (Fsp3) is 0.0800. The van der Waals surface area contributed by atoms with Gasteiger partial charge in [0.1, 0.15) is 0 Å². The van der Waals surface area contributed by atoms with Crippen molar-refractivity contribution in [1.82, 2.24) is 24.4 Å². The largest absolute Gasteiger partial charge is 0.355 e. The number of hydrogen-bond acceptors (Lipinski definition) is 5. The molecule has 0 unspecified atom stereocenters. The minimum absolute atomic E-state index is 0.00245. The third-order valence-electron chi connectivity index (χ3n) is 5.47. The summed E-state index contributed by atoms with van der Waals surface area (Å²) in [4.78, 5) is 47.9. The molecule has 0 saturated carbocycles. The summed E-state index contributed by atoms with van der Waals surface area (Å²) >= 11 is 0. The molecule has 0 saturated heterocycles. The molecular weight excluding hydrogens is 418 g/mol. The first-order valence-corrected chi connectivity index (χ1v) is 10.3. The van der Waals surface area contributed by atoms with Crippen LogP contribution in [0.2, 0.25) is 0 Å². The maximum Gasteiger partial charge on any atom is 0.337 e. The molecular formula is C25H19N5O3. The second-order valence-electron chi connectivity index (χ2n) is 7.51. The van der Waals surface area contributed by atoms with Crippen LogP contribution in [0.4, 0.5) is 0 Å². The van der Waals surface area contributed by atoms with E-state index in [1.807, 2.05) is 30.3 Å². The number of aromatic nitrogens is 4. The van der Waals surface area contributed by atoms with Gasteiger partial charge >= 0.3 is 5.69 Å². The van der Waals surface area contributed by atoms with Crippen LogP contribution in [-0.2, 0) is 6.54 Å². The van der Waals surface area contributed by atoms with Gasteiger partial charge in [0.2, 0.25) is 0 Å². The van der Waals surface area contributed by atoms with Crippen LogP contribution in [-0.4, -0.2) is 32.1 Å². The van der Waals surface area contributed by atoms with E-state index in [0.29, 0.717) is 22.3 Å². The number of nitrogens with zero attached hydrogens (tertiary/aromatic N) is 4. The molecule has 162 valence electrons. The zero-order valence-corrected chi connectivity index (χ0v) is 17.7. The average Bonchev–Trinajstić information content (AvgIpc) is 2.86. The highest BCUT2D eigenvalue weighted by Crippen LogP contribution is 2.15. The topological polar surface area (TPSA) is 98.9 Å². The molecule has 3 aromatic heterocycles. The fourth-order valence-electron chi connectivity index (χ4n) is 3.85. The summed E-state index contributed by atoms with van der Waals surface area (Å²) in [7, 11) is 1.54. The van der Waals surface area contributed by atoms with Crippen LogP contribution >= 0.6 is 0 Å². The Morgan fingerprint density at radius 2 is 1.82 bits per heavy atom. The number of benzene rings is 2. The molecule has 0 spiro atoms. The van der Waals surface area contributed by atoms with Crippen molar-refractivity contribution in [2.24, 2.45) is 0 Å². The van der Waals surface area contributed by atoms with Gasteiger partial charge in [-0.3, -0.25) is 19.1 Å². The summed E-state index contributed by atoms with van der Waals surface area (Å²) in [6.07, 6.45) is 1.52. The monoisotopic (exact) mass is 437 g/mol. The van der Waals surface area contributed by atoms with E-state index >= 15 is 0 Å². The van der Waals surface area contributed by atoms with E-state index in [1.54, 1.807) is 42.5 Å². The molecule has 0 fully saturated rings. The van der Waals surface area contributed by atoms with Gasteiger partial charge in [-0.15, -0.1) is 0 Å². The van der Waals surface area contributed by atoms with E-state index in [-0.39, 0.29) is 18.1 Å². The molecule has 1 N–H and O–H groups in total. The molecule has 0 atom stereocenters. The Bertz CT molecular complexity index is 1650. The molecule has 0 bridgehead atoms. The average molecular weight is 437 g/mol. The zero-order chi connectivity index (χ0) is 22.9. The number of nitrogens with one attached hydrogen (secondary N) is 1. The molecule has 1 amide bonds. The lowest BCUT2D eigenvalue weighted by molar-refractivity contribution is 0.0963. The lowest BCUT2D eigenvalue weighted by Gasteiger charge is -2.14. The smallest absolute Gasteiger partial charge is 0.337 e. The van der Waals surface area contributed by atoms with Gasteiger partial charge in [0.15, 0.2) is 5.65 Å². The zero-order valence-electron chi connectivity index (χ0n) is 17.7. The van der Waals surface area contributed by atoms with Gasteiger partial charge in [0.05, 0.1) is 28.8 Å². The van der Waals surface area contributed by atoms with Crippen molar-refractivity contribution in [3.05, 3.63) is 111 Å². The number of carbonyl (C=O) groups is 1. The Balaban J connectivity index is 1.73. The third kappa shape index (κ3) is 3.57. The quantitative estimate of drug-likeness (QED) is 0.466. The number of amides is 1. The van der Waals surface area contributed by atoms with Crippen molar-refractivity contribution < 1.29 is 4.79 Å². The molecule has 33 heavy (non-hydrogen) atoms. The van der Waals surface area contributed by atoms with Gasteiger partial charge in [-0.1, -0.05) is 30.3 Å². The van der Waals surface area contributed by atoms with Gasteiger partial charge in [-0.05, 0) is 42.5 Å². The van der Waals surface area contributed by atoms with Crippen LogP contribution in [0.15, 0.2) is 88.6 Å².